The van der Waals surface area contributed by atoms with E-state index in [9.17, 15) is 9.90 Å². The molecule has 1 saturated carbocycles. The average molecular weight is 287 g/mol. The second kappa shape index (κ2) is 6.68. The Labute approximate surface area is 125 Å². The van der Waals surface area contributed by atoms with Crippen LogP contribution in [0.2, 0.25) is 0 Å². The molecule has 0 radical (unpaired) electrons. The zero-order valence-electron chi connectivity index (χ0n) is 12.3. The minimum Gasteiger partial charge on any atom is -0.394 e. The summed E-state index contributed by atoms with van der Waals surface area (Å²) in [7, 11) is 0. The normalized spacial score (nSPS) is 18.5. The van der Waals surface area contributed by atoms with Crippen molar-refractivity contribution in [2.45, 2.75) is 44.6 Å². The number of hydrogen-bond donors (Lipinski definition) is 2. The standard InChI is InChI=1S/C16H21N3O2/c1-16(11-20,13-5-3-2-4-6-13)19-15(21)14-8-7-12(9-17)10-18-14/h7-8,10,13,20H,2-6,11H2,1H3,(H,19,21). The van der Waals surface area contributed by atoms with Crippen LogP contribution in [-0.2, 0) is 0 Å². The van der Waals surface area contributed by atoms with Gasteiger partial charge in [-0.25, -0.2) is 4.98 Å². The first-order valence-corrected chi connectivity index (χ1v) is 7.38. The molecule has 1 fully saturated rings. The second-order valence-electron chi connectivity index (χ2n) is 5.91. The molecule has 1 aliphatic rings. The molecule has 1 atom stereocenters. The zero-order chi connectivity index (χ0) is 15.3. The number of nitrogens with zero attached hydrogens (tertiary/aromatic N) is 2. The van der Waals surface area contributed by atoms with Crippen LogP contribution in [0.1, 0.15) is 55.1 Å². The van der Waals surface area contributed by atoms with Gasteiger partial charge in [-0.3, -0.25) is 4.79 Å². The molecule has 1 amide bonds. The van der Waals surface area contributed by atoms with Gasteiger partial charge in [0.05, 0.1) is 17.7 Å². The Hall–Kier alpha value is -1.93. The van der Waals surface area contributed by atoms with Gasteiger partial charge in [0.2, 0.25) is 0 Å². The topological polar surface area (TPSA) is 86.0 Å². The molecule has 0 aliphatic heterocycles. The highest BCUT2D eigenvalue weighted by atomic mass is 16.3. The number of nitrogens with one attached hydrogen (secondary N) is 1. The van der Waals surface area contributed by atoms with Crippen LogP contribution in [0.25, 0.3) is 0 Å². The first-order chi connectivity index (χ1) is 10.1. The van der Waals surface area contributed by atoms with E-state index >= 15 is 0 Å². The smallest absolute Gasteiger partial charge is 0.270 e. The van der Waals surface area contributed by atoms with Crippen LogP contribution in [0.3, 0.4) is 0 Å². The molecule has 5 nitrogen and oxygen atoms in total. The van der Waals surface area contributed by atoms with Gasteiger partial charge < -0.3 is 10.4 Å². The van der Waals surface area contributed by atoms with Crippen LogP contribution in [0.5, 0.6) is 0 Å². The summed E-state index contributed by atoms with van der Waals surface area (Å²) in [5.41, 5.74) is 0.0702. The number of pyridine rings is 1. The molecule has 1 aromatic rings. The quantitative estimate of drug-likeness (QED) is 0.887. The van der Waals surface area contributed by atoms with E-state index in [1.165, 1.54) is 18.7 Å². The maximum absolute atomic E-state index is 12.3. The number of nitriles is 1. The van der Waals surface area contributed by atoms with Crippen molar-refractivity contribution in [2.75, 3.05) is 6.61 Å². The van der Waals surface area contributed by atoms with E-state index < -0.39 is 5.54 Å². The van der Waals surface area contributed by atoms with Crippen molar-refractivity contribution < 1.29 is 9.90 Å². The van der Waals surface area contributed by atoms with Crippen molar-refractivity contribution in [1.82, 2.24) is 10.3 Å². The monoisotopic (exact) mass is 287 g/mol. The maximum atomic E-state index is 12.3. The summed E-state index contributed by atoms with van der Waals surface area (Å²) in [4.78, 5) is 16.3. The Balaban J connectivity index is 2.09. The predicted octanol–water partition coefficient (Wildman–Crippen LogP) is 2.01. The first-order valence-electron chi connectivity index (χ1n) is 7.38. The third kappa shape index (κ3) is 3.59. The highest BCUT2D eigenvalue weighted by Crippen LogP contribution is 2.32. The largest absolute Gasteiger partial charge is 0.394 e. The maximum Gasteiger partial charge on any atom is 0.270 e. The van der Waals surface area contributed by atoms with Crippen molar-refractivity contribution in [3.63, 3.8) is 0 Å². The summed E-state index contributed by atoms with van der Waals surface area (Å²) in [5, 5.41) is 21.4. The summed E-state index contributed by atoms with van der Waals surface area (Å²) in [6, 6.07) is 5.07. The average Bonchev–Trinajstić information content (AvgIpc) is 2.55. The van der Waals surface area contributed by atoms with E-state index in [0.29, 0.717) is 11.5 Å². The lowest BCUT2D eigenvalue weighted by Gasteiger charge is -2.39. The number of aliphatic hydroxyl groups is 1. The van der Waals surface area contributed by atoms with Gasteiger partial charge in [-0.15, -0.1) is 0 Å². The van der Waals surface area contributed by atoms with E-state index in [2.05, 4.69) is 10.3 Å². The van der Waals surface area contributed by atoms with Gasteiger partial charge in [-0.1, -0.05) is 19.3 Å². The highest BCUT2D eigenvalue weighted by molar-refractivity contribution is 5.92. The SMILES string of the molecule is CC(CO)(NC(=O)c1ccc(C#N)cn1)C1CCCCC1. The second-order valence-corrected chi connectivity index (χ2v) is 5.91. The lowest BCUT2D eigenvalue weighted by Crippen LogP contribution is -2.54. The van der Waals surface area contributed by atoms with Crippen LogP contribution in [-0.4, -0.2) is 28.1 Å². The zero-order valence-corrected chi connectivity index (χ0v) is 12.3. The fourth-order valence-corrected chi connectivity index (χ4v) is 2.93. The highest BCUT2D eigenvalue weighted by Gasteiger charge is 2.36. The van der Waals surface area contributed by atoms with Crippen LogP contribution in [0.15, 0.2) is 18.3 Å². The number of aromatic nitrogens is 1. The van der Waals surface area contributed by atoms with E-state index in [-0.39, 0.29) is 18.2 Å². The van der Waals surface area contributed by atoms with Crippen molar-refractivity contribution in [1.29, 1.82) is 5.26 Å². The fourth-order valence-electron chi connectivity index (χ4n) is 2.93. The van der Waals surface area contributed by atoms with E-state index in [1.54, 1.807) is 6.07 Å². The van der Waals surface area contributed by atoms with Crippen molar-refractivity contribution >= 4 is 5.91 Å². The summed E-state index contributed by atoms with van der Waals surface area (Å²) in [6.45, 7) is 1.81. The number of hydrogen-bond acceptors (Lipinski definition) is 4. The van der Waals surface area contributed by atoms with Crippen LogP contribution >= 0.6 is 0 Å². The molecule has 1 aliphatic carbocycles. The number of amides is 1. The molecular formula is C16H21N3O2. The Morgan fingerprint density at radius 2 is 2.19 bits per heavy atom. The molecule has 1 heterocycles. The Morgan fingerprint density at radius 3 is 2.71 bits per heavy atom. The minimum absolute atomic E-state index is 0.0836. The molecule has 2 rings (SSSR count). The molecule has 0 spiro atoms. The molecule has 21 heavy (non-hydrogen) atoms. The van der Waals surface area contributed by atoms with Gasteiger partial charge in [0, 0.05) is 6.20 Å². The predicted molar refractivity (Wildman–Crippen MR) is 78.5 cm³/mol. The summed E-state index contributed by atoms with van der Waals surface area (Å²) in [6.07, 6.45) is 6.95. The van der Waals surface area contributed by atoms with E-state index in [1.807, 2.05) is 13.0 Å². The van der Waals surface area contributed by atoms with E-state index in [4.69, 9.17) is 5.26 Å². The van der Waals surface area contributed by atoms with Crippen LogP contribution in [0, 0.1) is 17.2 Å². The Morgan fingerprint density at radius 1 is 1.48 bits per heavy atom. The molecular weight excluding hydrogens is 266 g/mol. The van der Waals surface area contributed by atoms with Crippen LogP contribution in [0.4, 0.5) is 0 Å². The van der Waals surface area contributed by atoms with Crippen LogP contribution < -0.4 is 5.32 Å². The number of rotatable bonds is 4. The molecule has 1 aromatic heterocycles. The summed E-state index contributed by atoms with van der Waals surface area (Å²) < 4.78 is 0. The first kappa shape index (κ1) is 15.5. The van der Waals surface area contributed by atoms with Crippen molar-refractivity contribution in [2.24, 2.45) is 5.92 Å². The molecule has 2 N–H and O–H groups in total. The van der Waals surface area contributed by atoms with Gasteiger partial charge in [0.15, 0.2) is 0 Å². The lowest BCUT2D eigenvalue weighted by atomic mass is 9.76. The fraction of sp³-hybridized carbons (Fsp3) is 0.562. The molecule has 0 bridgehead atoms. The molecule has 0 saturated heterocycles. The third-order valence-corrected chi connectivity index (χ3v) is 4.36. The molecule has 5 heteroatoms. The minimum atomic E-state index is -0.618. The van der Waals surface area contributed by atoms with Gasteiger partial charge >= 0.3 is 0 Å². The third-order valence-electron chi connectivity index (χ3n) is 4.36. The molecule has 1 unspecified atom stereocenters. The van der Waals surface area contributed by atoms with E-state index in [0.717, 1.165) is 25.7 Å². The lowest BCUT2D eigenvalue weighted by molar-refractivity contribution is 0.0675. The van der Waals surface area contributed by atoms with Gasteiger partial charge in [-0.2, -0.15) is 5.26 Å². The summed E-state index contributed by atoms with van der Waals surface area (Å²) >= 11 is 0. The molecule has 0 aromatic carbocycles. The van der Waals surface area contributed by atoms with Gasteiger partial charge in [0.1, 0.15) is 11.8 Å². The summed E-state index contributed by atoms with van der Waals surface area (Å²) in [5.74, 6) is -0.0137. The van der Waals surface area contributed by atoms with Gasteiger partial charge in [0.25, 0.3) is 5.91 Å². The number of carbonyl (C=O) groups excluding carboxylic acids is 1. The Bertz CT molecular complexity index is 529. The molecule has 112 valence electrons. The number of carbonyl (C=O) groups is 1. The van der Waals surface area contributed by atoms with Crippen molar-refractivity contribution in [3.8, 4) is 6.07 Å². The number of aliphatic hydroxyl groups excluding tert-OH is 1. The van der Waals surface area contributed by atoms with Gasteiger partial charge in [-0.05, 0) is 37.8 Å². The van der Waals surface area contributed by atoms with Crippen molar-refractivity contribution in [3.05, 3.63) is 29.6 Å². The Kier molecular flexibility index (Phi) is 4.92.